The maximum atomic E-state index is 5.27. The molecule has 1 aromatic rings. The van der Waals surface area contributed by atoms with Crippen molar-refractivity contribution < 1.29 is 4.74 Å². The van der Waals surface area contributed by atoms with Crippen molar-refractivity contribution in [3.05, 3.63) is 11.3 Å². The van der Waals surface area contributed by atoms with Crippen molar-refractivity contribution in [3.8, 4) is 5.88 Å². The number of nitrogens with one attached hydrogen (secondary N) is 2. The molecule has 15 heavy (non-hydrogen) atoms. The Hall–Kier alpha value is -1.03. The molecule has 0 saturated carbocycles. The van der Waals surface area contributed by atoms with Crippen LogP contribution in [0.3, 0.4) is 0 Å². The second kappa shape index (κ2) is 3.23. The lowest BCUT2D eigenvalue weighted by atomic mass is 9.77. The maximum absolute atomic E-state index is 5.27. The number of nitrogens with zero attached hydrogens (tertiary/aromatic N) is 1. The fourth-order valence-electron chi connectivity index (χ4n) is 3.08. The summed E-state index contributed by atoms with van der Waals surface area (Å²) in [7, 11) is 1.70. The zero-order valence-electron chi connectivity index (χ0n) is 9.10. The Morgan fingerprint density at radius 2 is 2.07 bits per heavy atom. The van der Waals surface area contributed by atoms with E-state index in [1.54, 1.807) is 7.11 Å². The molecule has 82 valence electrons. The summed E-state index contributed by atoms with van der Waals surface area (Å²) in [4.78, 5) is 0. The molecule has 1 aromatic heterocycles. The van der Waals surface area contributed by atoms with Gasteiger partial charge in [0.15, 0.2) is 0 Å². The number of fused-ring (bicyclic) bond motifs is 2. The molecule has 1 spiro atoms. The summed E-state index contributed by atoms with van der Waals surface area (Å²) in [6, 6.07) is 0. The number of rotatable bonds is 1. The van der Waals surface area contributed by atoms with Gasteiger partial charge in [0.05, 0.1) is 7.11 Å². The van der Waals surface area contributed by atoms with Crippen LogP contribution in [0.1, 0.15) is 30.5 Å². The Morgan fingerprint density at radius 1 is 1.27 bits per heavy atom. The van der Waals surface area contributed by atoms with Crippen LogP contribution in [0, 0.1) is 0 Å². The maximum Gasteiger partial charge on any atom is 0.235 e. The Labute approximate surface area is 89.4 Å². The fraction of sp³-hybridized carbons (Fsp3) is 0.727. The Bertz CT molecular complexity index is 366. The summed E-state index contributed by atoms with van der Waals surface area (Å²) < 4.78 is 5.27. The minimum absolute atomic E-state index is 0.365. The van der Waals surface area contributed by atoms with E-state index in [1.807, 2.05) is 0 Å². The smallest absolute Gasteiger partial charge is 0.235 e. The molecule has 0 aromatic carbocycles. The molecule has 2 N–H and O–H groups in total. The molecule has 1 saturated heterocycles. The van der Waals surface area contributed by atoms with Gasteiger partial charge < -0.3 is 10.1 Å². The van der Waals surface area contributed by atoms with Crippen molar-refractivity contribution in [2.24, 2.45) is 0 Å². The van der Waals surface area contributed by atoms with Gasteiger partial charge in [-0.05, 0) is 38.8 Å². The fourth-order valence-corrected chi connectivity index (χ4v) is 3.08. The lowest BCUT2D eigenvalue weighted by Crippen LogP contribution is -2.38. The van der Waals surface area contributed by atoms with E-state index in [0.717, 1.165) is 25.4 Å². The third kappa shape index (κ3) is 1.21. The highest BCUT2D eigenvalue weighted by atomic mass is 16.5. The third-order valence-corrected chi connectivity index (χ3v) is 3.97. The van der Waals surface area contributed by atoms with Crippen molar-refractivity contribution in [2.45, 2.75) is 31.1 Å². The first kappa shape index (κ1) is 9.21. The molecule has 4 heteroatoms. The Kier molecular flexibility index (Phi) is 1.99. The van der Waals surface area contributed by atoms with E-state index in [4.69, 9.17) is 4.74 Å². The van der Waals surface area contributed by atoms with Crippen molar-refractivity contribution in [3.63, 3.8) is 0 Å². The number of ether oxygens (including phenoxy) is 1. The van der Waals surface area contributed by atoms with Crippen LogP contribution in [0.15, 0.2) is 0 Å². The summed E-state index contributed by atoms with van der Waals surface area (Å²) in [6.45, 7) is 2.25. The van der Waals surface area contributed by atoms with Gasteiger partial charge >= 0.3 is 0 Å². The van der Waals surface area contributed by atoms with Gasteiger partial charge in [-0.1, -0.05) is 0 Å². The van der Waals surface area contributed by atoms with Gasteiger partial charge in [0.25, 0.3) is 0 Å². The first-order valence-corrected chi connectivity index (χ1v) is 5.68. The van der Waals surface area contributed by atoms with Gasteiger partial charge in [-0.15, -0.1) is 5.10 Å². The quantitative estimate of drug-likeness (QED) is 0.722. The highest BCUT2D eigenvalue weighted by Crippen LogP contribution is 2.46. The molecule has 2 heterocycles. The number of piperidine rings is 1. The van der Waals surface area contributed by atoms with Gasteiger partial charge in [-0.25, -0.2) is 0 Å². The lowest BCUT2D eigenvalue weighted by molar-refractivity contribution is 0.298. The molecule has 0 atom stereocenters. The standard InChI is InChI=1S/C11H17N3O/c1-15-10-8-2-3-11(9(8)13-14-10)4-6-12-7-5-11/h12H,2-7H2,1H3,(H,13,14). The molecule has 1 fully saturated rings. The predicted octanol–water partition coefficient (Wildman–Crippen LogP) is 0.986. The molecular weight excluding hydrogens is 190 g/mol. The summed E-state index contributed by atoms with van der Waals surface area (Å²) in [5.74, 6) is 0.806. The lowest BCUT2D eigenvalue weighted by Gasteiger charge is -2.33. The molecule has 0 amide bonds. The molecule has 3 rings (SSSR count). The Morgan fingerprint density at radius 3 is 2.80 bits per heavy atom. The largest absolute Gasteiger partial charge is 0.480 e. The van der Waals surface area contributed by atoms with E-state index in [1.165, 1.54) is 30.5 Å². The summed E-state index contributed by atoms with van der Waals surface area (Å²) in [5, 5.41) is 10.9. The van der Waals surface area contributed by atoms with Crippen molar-refractivity contribution in [2.75, 3.05) is 20.2 Å². The highest BCUT2D eigenvalue weighted by Gasteiger charge is 2.42. The van der Waals surface area contributed by atoms with Gasteiger partial charge in [0.1, 0.15) is 0 Å². The van der Waals surface area contributed by atoms with Crippen LogP contribution in [-0.4, -0.2) is 30.4 Å². The summed E-state index contributed by atoms with van der Waals surface area (Å²) in [6.07, 6.45) is 4.83. The number of methoxy groups -OCH3 is 1. The summed E-state index contributed by atoms with van der Waals surface area (Å²) in [5.41, 5.74) is 3.03. The average molecular weight is 207 g/mol. The number of aromatic nitrogens is 2. The molecule has 0 bridgehead atoms. The van der Waals surface area contributed by atoms with Crippen molar-refractivity contribution in [1.82, 2.24) is 15.5 Å². The van der Waals surface area contributed by atoms with E-state index in [0.29, 0.717) is 5.41 Å². The van der Waals surface area contributed by atoms with Crippen LogP contribution in [0.2, 0.25) is 0 Å². The monoisotopic (exact) mass is 207 g/mol. The second-order valence-corrected chi connectivity index (χ2v) is 4.62. The molecule has 1 aliphatic heterocycles. The number of aromatic amines is 1. The van der Waals surface area contributed by atoms with Crippen LogP contribution < -0.4 is 10.1 Å². The minimum atomic E-state index is 0.365. The minimum Gasteiger partial charge on any atom is -0.480 e. The van der Waals surface area contributed by atoms with Crippen molar-refractivity contribution >= 4 is 0 Å². The van der Waals surface area contributed by atoms with Crippen LogP contribution in [0.25, 0.3) is 0 Å². The zero-order chi connectivity index (χ0) is 10.3. The SMILES string of the molecule is COc1n[nH]c2c1CCC21CCNCC1. The molecule has 4 nitrogen and oxygen atoms in total. The molecule has 1 aliphatic carbocycles. The first-order valence-electron chi connectivity index (χ1n) is 5.68. The summed E-state index contributed by atoms with van der Waals surface area (Å²) >= 11 is 0. The molecule has 0 unspecified atom stereocenters. The third-order valence-electron chi connectivity index (χ3n) is 3.97. The number of hydrogen-bond donors (Lipinski definition) is 2. The Balaban J connectivity index is 1.99. The number of hydrogen-bond acceptors (Lipinski definition) is 3. The normalized spacial score (nSPS) is 23.0. The average Bonchev–Trinajstić information content (AvgIpc) is 2.83. The van der Waals surface area contributed by atoms with E-state index < -0.39 is 0 Å². The molecule has 0 radical (unpaired) electrons. The second-order valence-electron chi connectivity index (χ2n) is 4.62. The number of H-pyrrole nitrogens is 1. The molecule has 2 aliphatic rings. The van der Waals surface area contributed by atoms with E-state index in [9.17, 15) is 0 Å². The van der Waals surface area contributed by atoms with Gasteiger partial charge in [-0.2, -0.15) is 0 Å². The van der Waals surface area contributed by atoms with Crippen LogP contribution >= 0.6 is 0 Å². The predicted molar refractivity (Wildman–Crippen MR) is 57.2 cm³/mol. The van der Waals surface area contributed by atoms with Crippen LogP contribution in [-0.2, 0) is 11.8 Å². The van der Waals surface area contributed by atoms with Gasteiger partial charge in [0.2, 0.25) is 5.88 Å². The van der Waals surface area contributed by atoms with E-state index in [-0.39, 0.29) is 0 Å². The molecular formula is C11H17N3O. The van der Waals surface area contributed by atoms with Gasteiger partial charge in [0, 0.05) is 16.7 Å². The van der Waals surface area contributed by atoms with Crippen LogP contribution in [0.5, 0.6) is 5.88 Å². The highest BCUT2D eigenvalue weighted by molar-refractivity contribution is 5.40. The van der Waals surface area contributed by atoms with Crippen molar-refractivity contribution in [1.29, 1.82) is 0 Å². The van der Waals surface area contributed by atoms with E-state index >= 15 is 0 Å². The first-order chi connectivity index (χ1) is 7.36. The van der Waals surface area contributed by atoms with E-state index in [2.05, 4.69) is 15.5 Å². The topological polar surface area (TPSA) is 49.9 Å². The van der Waals surface area contributed by atoms with Crippen LogP contribution in [0.4, 0.5) is 0 Å². The zero-order valence-corrected chi connectivity index (χ0v) is 9.10. The van der Waals surface area contributed by atoms with Gasteiger partial charge in [-0.3, -0.25) is 5.10 Å².